The molecule has 0 aliphatic carbocycles. The van der Waals surface area contributed by atoms with Gasteiger partial charge in [-0.05, 0) is 18.6 Å². The average molecular weight is 313 g/mol. The lowest BCUT2D eigenvalue weighted by Gasteiger charge is -2.08. The van der Waals surface area contributed by atoms with Gasteiger partial charge in [0.25, 0.3) is 5.69 Å². The number of nitrogens with zero attached hydrogens (tertiary/aromatic N) is 1. The van der Waals surface area contributed by atoms with E-state index in [-0.39, 0.29) is 18.0 Å². The molecule has 0 saturated carbocycles. The number of nitro benzene ring substituents is 1. The molecule has 23 heavy (non-hydrogen) atoms. The van der Waals surface area contributed by atoms with Gasteiger partial charge in [-0.3, -0.25) is 14.9 Å². The molecule has 0 heterocycles. The van der Waals surface area contributed by atoms with Crippen molar-refractivity contribution in [1.29, 1.82) is 0 Å². The Kier molecular flexibility index (Phi) is 5.68. The number of hydrogen-bond donors (Lipinski definition) is 2. The van der Waals surface area contributed by atoms with Crippen LogP contribution in [0.3, 0.4) is 0 Å². The molecule has 2 rings (SSSR count). The van der Waals surface area contributed by atoms with Crippen molar-refractivity contribution in [3.63, 3.8) is 0 Å². The number of amides is 1. The van der Waals surface area contributed by atoms with Gasteiger partial charge in [0, 0.05) is 25.6 Å². The third kappa shape index (κ3) is 5.10. The number of carbonyl (C=O) groups is 1. The maximum absolute atomic E-state index is 11.8. The van der Waals surface area contributed by atoms with Gasteiger partial charge in [-0.15, -0.1) is 0 Å². The molecule has 0 aliphatic heterocycles. The lowest BCUT2D eigenvalue weighted by molar-refractivity contribution is -0.384. The highest BCUT2D eigenvalue weighted by molar-refractivity contribution is 5.76. The maximum atomic E-state index is 11.8. The van der Waals surface area contributed by atoms with Crippen molar-refractivity contribution in [3.05, 3.63) is 69.8 Å². The standard InChI is InChI=1S/C17H19N3O3/c1-13-6-8-14(9-7-13)12-19-17(21)10-11-18-15-4-2-3-5-16(15)20(22)23/h2-9,18H,10-12H2,1H3,(H,19,21). The van der Waals surface area contributed by atoms with E-state index in [1.165, 1.54) is 11.6 Å². The maximum Gasteiger partial charge on any atom is 0.292 e. The molecule has 0 unspecified atom stereocenters. The minimum Gasteiger partial charge on any atom is -0.379 e. The summed E-state index contributed by atoms with van der Waals surface area (Å²) in [5.74, 6) is -0.100. The predicted octanol–water partition coefficient (Wildman–Crippen LogP) is 3.02. The third-order valence-corrected chi connectivity index (χ3v) is 3.38. The van der Waals surface area contributed by atoms with E-state index in [9.17, 15) is 14.9 Å². The van der Waals surface area contributed by atoms with E-state index in [4.69, 9.17) is 0 Å². The molecule has 0 saturated heterocycles. The van der Waals surface area contributed by atoms with Gasteiger partial charge in [0.2, 0.25) is 5.91 Å². The second kappa shape index (κ2) is 7.93. The normalized spacial score (nSPS) is 10.1. The largest absolute Gasteiger partial charge is 0.379 e. The summed E-state index contributed by atoms with van der Waals surface area (Å²) in [6, 6.07) is 14.3. The first kappa shape index (κ1) is 16.5. The van der Waals surface area contributed by atoms with Crippen molar-refractivity contribution in [2.45, 2.75) is 19.9 Å². The zero-order valence-corrected chi connectivity index (χ0v) is 12.9. The Morgan fingerprint density at radius 2 is 1.83 bits per heavy atom. The summed E-state index contributed by atoms with van der Waals surface area (Å²) in [6.07, 6.45) is 0.248. The smallest absolute Gasteiger partial charge is 0.292 e. The van der Waals surface area contributed by atoms with E-state index in [1.54, 1.807) is 18.2 Å². The fourth-order valence-electron chi connectivity index (χ4n) is 2.09. The number of para-hydroxylation sites is 2. The van der Waals surface area contributed by atoms with Crippen LogP contribution in [0.2, 0.25) is 0 Å². The fourth-order valence-corrected chi connectivity index (χ4v) is 2.09. The van der Waals surface area contributed by atoms with Crippen LogP contribution in [0.4, 0.5) is 11.4 Å². The van der Waals surface area contributed by atoms with Gasteiger partial charge in [0.15, 0.2) is 0 Å². The molecule has 0 spiro atoms. The van der Waals surface area contributed by atoms with Crippen LogP contribution in [0.25, 0.3) is 0 Å². The highest BCUT2D eigenvalue weighted by Gasteiger charge is 2.11. The number of benzene rings is 2. The first-order chi connectivity index (χ1) is 11.1. The first-order valence-electron chi connectivity index (χ1n) is 7.36. The Morgan fingerprint density at radius 1 is 1.13 bits per heavy atom. The van der Waals surface area contributed by atoms with Crippen molar-refractivity contribution in [2.75, 3.05) is 11.9 Å². The number of nitro groups is 1. The quantitative estimate of drug-likeness (QED) is 0.608. The van der Waals surface area contributed by atoms with Crippen LogP contribution in [0.15, 0.2) is 48.5 Å². The molecule has 0 radical (unpaired) electrons. The van der Waals surface area contributed by atoms with E-state index in [0.29, 0.717) is 18.8 Å². The van der Waals surface area contributed by atoms with Gasteiger partial charge in [0.1, 0.15) is 5.69 Å². The van der Waals surface area contributed by atoms with Gasteiger partial charge in [-0.2, -0.15) is 0 Å². The molecule has 6 nitrogen and oxygen atoms in total. The zero-order chi connectivity index (χ0) is 16.7. The molecule has 2 aromatic rings. The van der Waals surface area contributed by atoms with Crippen LogP contribution in [0.5, 0.6) is 0 Å². The second-order valence-electron chi connectivity index (χ2n) is 5.21. The average Bonchev–Trinajstić information content (AvgIpc) is 2.54. The molecule has 120 valence electrons. The lowest BCUT2D eigenvalue weighted by Crippen LogP contribution is -2.24. The van der Waals surface area contributed by atoms with Gasteiger partial charge in [-0.1, -0.05) is 42.0 Å². The van der Waals surface area contributed by atoms with Crippen LogP contribution >= 0.6 is 0 Å². The number of anilines is 1. The number of carbonyl (C=O) groups excluding carboxylic acids is 1. The number of aryl methyl sites for hydroxylation is 1. The van der Waals surface area contributed by atoms with Crippen LogP contribution in [0.1, 0.15) is 17.5 Å². The molecule has 0 atom stereocenters. The summed E-state index contributed by atoms with van der Waals surface area (Å²) in [6.45, 7) is 2.83. The number of nitrogens with one attached hydrogen (secondary N) is 2. The summed E-state index contributed by atoms with van der Waals surface area (Å²) in [7, 11) is 0. The van der Waals surface area contributed by atoms with E-state index >= 15 is 0 Å². The van der Waals surface area contributed by atoms with Gasteiger partial charge in [-0.25, -0.2) is 0 Å². The van der Waals surface area contributed by atoms with E-state index in [0.717, 1.165) is 5.56 Å². The molecular formula is C17H19N3O3. The van der Waals surface area contributed by atoms with Gasteiger partial charge < -0.3 is 10.6 Å². The molecule has 0 aromatic heterocycles. The molecule has 1 amide bonds. The van der Waals surface area contributed by atoms with Crippen molar-refractivity contribution >= 4 is 17.3 Å². The Labute approximate surface area is 134 Å². The molecular weight excluding hydrogens is 294 g/mol. The van der Waals surface area contributed by atoms with Gasteiger partial charge >= 0.3 is 0 Å². The zero-order valence-electron chi connectivity index (χ0n) is 12.9. The van der Waals surface area contributed by atoms with Crippen LogP contribution in [-0.4, -0.2) is 17.4 Å². The fraction of sp³-hybridized carbons (Fsp3) is 0.235. The Hall–Kier alpha value is -2.89. The minimum absolute atomic E-state index is 0.00700. The van der Waals surface area contributed by atoms with E-state index in [2.05, 4.69) is 10.6 Å². The van der Waals surface area contributed by atoms with Crippen LogP contribution in [0, 0.1) is 17.0 Å². The third-order valence-electron chi connectivity index (χ3n) is 3.38. The van der Waals surface area contributed by atoms with Crippen LogP contribution < -0.4 is 10.6 Å². The number of rotatable bonds is 7. The van der Waals surface area contributed by atoms with E-state index < -0.39 is 4.92 Å². The summed E-state index contributed by atoms with van der Waals surface area (Å²) >= 11 is 0. The molecule has 0 fully saturated rings. The van der Waals surface area contributed by atoms with E-state index in [1.807, 2.05) is 31.2 Å². The Balaban J connectivity index is 1.77. The molecule has 2 aromatic carbocycles. The van der Waals surface area contributed by atoms with Crippen molar-refractivity contribution < 1.29 is 9.72 Å². The van der Waals surface area contributed by atoms with Crippen molar-refractivity contribution in [2.24, 2.45) is 0 Å². The first-order valence-corrected chi connectivity index (χ1v) is 7.36. The molecule has 0 aliphatic rings. The monoisotopic (exact) mass is 313 g/mol. The molecule has 2 N–H and O–H groups in total. The second-order valence-corrected chi connectivity index (χ2v) is 5.21. The topological polar surface area (TPSA) is 84.3 Å². The van der Waals surface area contributed by atoms with Crippen molar-refractivity contribution in [3.8, 4) is 0 Å². The highest BCUT2D eigenvalue weighted by Crippen LogP contribution is 2.22. The lowest BCUT2D eigenvalue weighted by atomic mass is 10.1. The highest BCUT2D eigenvalue weighted by atomic mass is 16.6. The summed E-state index contributed by atoms with van der Waals surface area (Å²) < 4.78 is 0. The summed E-state index contributed by atoms with van der Waals surface area (Å²) in [5, 5.41) is 16.6. The predicted molar refractivity (Wildman–Crippen MR) is 89.2 cm³/mol. The Bertz CT molecular complexity index is 684. The molecule has 6 heteroatoms. The summed E-state index contributed by atoms with van der Waals surface area (Å²) in [5.41, 5.74) is 2.64. The SMILES string of the molecule is Cc1ccc(CNC(=O)CCNc2ccccc2[N+](=O)[O-])cc1. The summed E-state index contributed by atoms with van der Waals surface area (Å²) in [4.78, 5) is 22.3. The Morgan fingerprint density at radius 3 is 2.52 bits per heavy atom. The van der Waals surface area contributed by atoms with Crippen molar-refractivity contribution in [1.82, 2.24) is 5.32 Å². The number of hydrogen-bond acceptors (Lipinski definition) is 4. The molecule has 0 bridgehead atoms. The minimum atomic E-state index is -0.445. The van der Waals surface area contributed by atoms with Crippen LogP contribution in [-0.2, 0) is 11.3 Å². The van der Waals surface area contributed by atoms with Gasteiger partial charge in [0.05, 0.1) is 4.92 Å².